The molecule has 0 bridgehead atoms. The van der Waals surface area contributed by atoms with E-state index in [0.717, 1.165) is 0 Å². The molecule has 0 rings (SSSR count). The van der Waals surface area contributed by atoms with Crippen LogP contribution in [0.1, 0.15) is 33.1 Å². The minimum atomic E-state index is -5.76. The zero-order valence-corrected chi connectivity index (χ0v) is 18.3. The Hall–Kier alpha value is -1.61. The highest BCUT2D eigenvalue weighted by Crippen LogP contribution is 2.35. The first-order valence-electron chi connectivity index (χ1n) is 8.68. The molecule has 0 fully saturated rings. The van der Waals surface area contributed by atoms with E-state index in [1.807, 2.05) is 0 Å². The van der Waals surface area contributed by atoms with Crippen LogP contribution in [0.15, 0.2) is 0 Å². The number of rotatable bonds is 3. The predicted octanol–water partition coefficient (Wildman–Crippen LogP) is 10.4. The zero-order valence-electron chi connectivity index (χ0n) is 18.3. The molecule has 0 radical (unpaired) electrons. The van der Waals surface area contributed by atoms with Crippen LogP contribution in [0.5, 0.6) is 0 Å². The Morgan fingerprint density at radius 3 is 0.816 bits per heavy atom. The van der Waals surface area contributed by atoms with E-state index < -0.39 is 75.3 Å². The number of hydrogen-bond donors (Lipinski definition) is 0. The second-order valence-corrected chi connectivity index (χ2v) is 5.94. The van der Waals surface area contributed by atoms with E-state index >= 15 is 0 Å². The van der Waals surface area contributed by atoms with Gasteiger partial charge in [0.15, 0.2) is 6.67 Å². The molecule has 0 aromatic heterocycles. The first kappa shape index (κ1) is 46.3. The van der Waals surface area contributed by atoms with Crippen molar-refractivity contribution in [2.75, 3.05) is 6.67 Å². The van der Waals surface area contributed by atoms with Crippen LogP contribution in [-0.4, -0.2) is 62.5 Å². The summed E-state index contributed by atoms with van der Waals surface area (Å²) >= 11 is 0. The molecule has 0 aliphatic rings. The summed E-state index contributed by atoms with van der Waals surface area (Å²) in [4.78, 5) is 0. The minimum absolute atomic E-state index is 1.25. The fraction of sp³-hybridized carbons (Fsp3) is 1.00. The summed E-state index contributed by atoms with van der Waals surface area (Å²) in [7, 11) is 0. The molecule has 0 heterocycles. The fourth-order valence-corrected chi connectivity index (χ4v) is 0.621. The summed E-state index contributed by atoms with van der Waals surface area (Å²) in [5, 5.41) is 0. The Balaban J connectivity index is -0.000000123. The summed E-state index contributed by atoms with van der Waals surface area (Å²) in [6, 6.07) is 0. The Morgan fingerprint density at radius 1 is 0.526 bits per heavy atom. The predicted molar refractivity (Wildman–Crippen MR) is 83.3 cm³/mol. The molecule has 0 aromatic rings. The van der Waals surface area contributed by atoms with Crippen molar-refractivity contribution in [2.45, 2.75) is 88.9 Å². The van der Waals surface area contributed by atoms with E-state index in [4.69, 9.17) is 0 Å². The summed E-state index contributed by atoms with van der Waals surface area (Å²) < 4.78 is 250. The molecule has 1 unspecified atom stereocenters. The Kier molecular flexibility index (Phi) is 22.7. The summed E-state index contributed by atoms with van der Waals surface area (Å²) in [6.45, 7) is 1.55. The van der Waals surface area contributed by atoms with Crippen molar-refractivity contribution in [3.63, 3.8) is 0 Å². The lowest BCUT2D eigenvalue weighted by atomic mass is 10.4. The highest BCUT2D eigenvalue weighted by atomic mass is 19.4. The second kappa shape index (κ2) is 18.6. The lowest BCUT2D eigenvalue weighted by Gasteiger charge is -2.14. The van der Waals surface area contributed by atoms with Gasteiger partial charge in [0.05, 0.1) is 0 Å². The molecule has 0 aromatic carbocycles. The van der Waals surface area contributed by atoms with E-state index in [1.165, 1.54) is 6.42 Å². The van der Waals surface area contributed by atoms with E-state index in [0.29, 0.717) is 0 Å². The molecule has 38 heavy (non-hydrogen) atoms. The van der Waals surface area contributed by atoms with Crippen molar-refractivity contribution < 1.29 is 101 Å². The molecular weight excluding hydrogens is 617 g/mol. The maximum atomic E-state index is 11.2. The van der Waals surface area contributed by atoms with E-state index in [9.17, 15) is 101 Å². The molecule has 23 heteroatoms. The van der Waals surface area contributed by atoms with Crippen LogP contribution >= 0.6 is 0 Å². The van der Waals surface area contributed by atoms with Crippen molar-refractivity contribution in [2.24, 2.45) is 0 Å². The molecule has 0 saturated carbocycles. The van der Waals surface area contributed by atoms with Gasteiger partial charge in [0.2, 0.25) is 6.43 Å². The molecule has 0 saturated heterocycles. The topological polar surface area (TPSA) is 0 Å². The molecular formula is C15H17F23. The molecule has 238 valence electrons. The standard InChI is InChI=1S/3C3H2F6.C3H3F5.C3H8/c4-1-2(5,6)3(7,8)9;4-2(5,6)1-3(7,8)9;4-1(2(5)6)3(7,8)9;4-2(5)1-3(6,7)8;1-3-2/h2*1H2;1-2H;2H,1H2;3H2,1-2H3. The molecule has 0 spiro atoms. The zero-order chi connectivity index (χ0) is 32.6. The number of halogens is 23. The molecule has 0 aliphatic carbocycles. The fourth-order valence-electron chi connectivity index (χ4n) is 0.621. The lowest BCUT2D eigenvalue weighted by molar-refractivity contribution is -0.286. The van der Waals surface area contributed by atoms with Crippen LogP contribution in [-0.2, 0) is 0 Å². The SMILES string of the molecule is CCC.FC(F)(F)CC(F)(F)F.FC(F)C(F)C(F)(F)F.FC(F)CC(F)(F)F.FCC(F)(F)C(F)(F)F. The van der Waals surface area contributed by atoms with Crippen LogP contribution in [0.3, 0.4) is 0 Å². The third kappa shape index (κ3) is 38.9. The van der Waals surface area contributed by atoms with E-state index in [2.05, 4.69) is 13.8 Å². The first-order valence-corrected chi connectivity index (χ1v) is 8.68. The van der Waals surface area contributed by atoms with Crippen LogP contribution in [0.2, 0.25) is 0 Å². The van der Waals surface area contributed by atoms with Crippen LogP contribution in [0.4, 0.5) is 101 Å². The van der Waals surface area contributed by atoms with Crippen molar-refractivity contribution in [3.8, 4) is 0 Å². The number of alkyl halides is 23. The Bertz CT molecular complexity index is 519. The van der Waals surface area contributed by atoms with Gasteiger partial charge in [-0.1, -0.05) is 20.3 Å². The van der Waals surface area contributed by atoms with E-state index in [-0.39, 0.29) is 0 Å². The van der Waals surface area contributed by atoms with Crippen LogP contribution in [0, 0.1) is 0 Å². The van der Waals surface area contributed by atoms with E-state index in [1.54, 1.807) is 0 Å². The third-order valence-corrected chi connectivity index (χ3v) is 1.90. The number of hydrogen-bond acceptors (Lipinski definition) is 0. The summed E-state index contributed by atoms with van der Waals surface area (Å²) in [5.41, 5.74) is 0. The van der Waals surface area contributed by atoms with Crippen molar-refractivity contribution in [3.05, 3.63) is 0 Å². The largest absolute Gasteiger partial charge is 0.456 e. The van der Waals surface area contributed by atoms with Crippen molar-refractivity contribution >= 4 is 0 Å². The molecule has 1 atom stereocenters. The Morgan fingerprint density at radius 2 is 0.816 bits per heavy atom. The summed E-state index contributed by atoms with van der Waals surface area (Å²) in [6.07, 6.45) is -41.0. The maximum Gasteiger partial charge on any atom is 0.456 e. The van der Waals surface area contributed by atoms with Crippen molar-refractivity contribution in [1.82, 2.24) is 0 Å². The van der Waals surface area contributed by atoms with Gasteiger partial charge in [-0.05, 0) is 0 Å². The van der Waals surface area contributed by atoms with Gasteiger partial charge >= 0.3 is 36.8 Å². The van der Waals surface area contributed by atoms with Crippen LogP contribution < -0.4 is 0 Å². The van der Waals surface area contributed by atoms with Gasteiger partial charge in [-0.3, -0.25) is 0 Å². The molecule has 0 N–H and O–H groups in total. The Labute approximate surface area is 198 Å². The normalized spacial score (nSPS) is 13.7. The molecule has 0 amide bonds. The van der Waals surface area contributed by atoms with Gasteiger partial charge in [-0.25, -0.2) is 26.3 Å². The first-order chi connectivity index (χ1) is 16.2. The maximum absolute atomic E-state index is 11.2. The molecule has 0 aliphatic heterocycles. The van der Waals surface area contributed by atoms with Gasteiger partial charge in [-0.15, -0.1) is 0 Å². The van der Waals surface area contributed by atoms with Crippen molar-refractivity contribution in [1.29, 1.82) is 0 Å². The second-order valence-electron chi connectivity index (χ2n) is 5.94. The average Bonchev–Trinajstić information content (AvgIpc) is 2.56. The lowest BCUT2D eigenvalue weighted by Crippen LogP contribution is -2.38. The van der Waals surface area contributed by atoms with Gasteiger partial charge in [0.25, 0.3) is 12.6 Å². The highest BCUT2D eigenvalue weighted by molar-refractivity contribution is 4.73. The minimum Gasteiger partial charge on any atom is -0.244 e. The van der Waals surface area contributed by atoms with Gasteiger partial charge in [0.1, 0.15) is 12.8 Å². The smallest absolute Gasteiger partial charge is 0.244 e. The van der Waals surface area contributed by atoms with Gasteiger partial charge in [-0.2, -0.15) is 74.6 Å². The summed E-state index contributed by atoms with van der Waals surface area (Å²) in [5.74, 6) is -5.19. The van der Waals surface area contributed by atoms with Gasteiger partial charge in [0, 0.05) is 0 Å². The average molecular weight is 634 g/mol. The third-order valence-electron chi connectivity index (χ3n) is 1.90. The highest BCUT2D eigenvalue weighted by Gasteiger charge is 2.57. The monoisotopic (exact) mass is 634 g/mol. The van der Waals surface area contributed by atoms with Crippen LogP contribution in [0.25, 0.3) is 0 Å². The quantitative estimate of drug-likeness (QED) is 0.271. The molecule has 0 nitrogen and oxygen atoms in total. The van der Waals surface area contributed by atoms with Gasteiger partial charge < -0.3 is 0 Å².